The Balaban J connectivity index is 1.23. The number of hydrogen-bond donors (Lipinski definition) is 1. The average Bonchev–Trinajstić information content (AvgIpc) is 3.46. The van der Waals surface area contributed by atoms with Crippen LogP contribution in [-0.2, 0) is 16.0 Å². The predicted molar refractivity (Wildman–Crippen MR) is 125 cm³/mol. The largest absolute Gasteiger partial charge is 0.339 e. The first-order valence-corrected chi connectivity index (χ1v) is 12.2. The number of para-hydroxylation sites is 1. The Bertz CT molecular complexity index is 877. The zero-order valence-electron chi connectivity index (χ0n) is 18.3. The van der Waals surface area contributed by atoms with Crippen LogP contribution in [0.15, 0.2) is 41.8 Å². The highest BCUT2D eigenvalue weighted by Gasteiger charge is 2.30. The first kappa shape index (κ1) is 22.0. The number of nitrogens with one attached hydrogen (secondary N) is 1. The molecule has 0 bridgehead atoms. The van der Waals surface area contributed by atoms with E-state index in [0.717, 1.165) is 50.1 Å². The van der Waals surface area contributed by atoms with Crippen molar-refractivity contribution in [3.63, 3.8) is 0 Å². The highest BCUT2D eigenvalue weighted by Crippen LogP contribution is 2.34. The number of anilines is 1. The number of nitrogens with zero attached hydrogens (tertiary/aromatic N) is 3. The number of carbonyl (C=O) groups excluding carboxylic acids is 2. The van der Waals surface area contributed by atoms with Crippen molar-refractivity contribution < 1.29 is 9.59 Å². The molecule has 1 N–H and O–H groups in total. The number of amides is 2. The summed E-state index contributed by atoms with van der Waals surface area (Å²) in [6, 6.07) is 12.6. The van der Waals surface area contributed by atoms with Gasteiger partial charge in [0.25, 0.3) is 0 Å². The average molecular weight is 441 g/mol. The van der Waals surface area contributed by atoms with E-state index in [1.54, 1.807) is 11.3 Å². The quantitative estimate of drug-likeness (QED) is 0.718. The van der Waals surface area contributed by atoms with Crippen LogP contribution in [0.3, 0.4) is 0 Å². The molecule has 31 heavy (non-hydrogen) atoms. The maximum absolute atomic E-state index is 12.9. The fraction of sp³-hybridized carbons (Fsp3) is 0.500. The zero-order valence-corrected chi connectivity index (χ0v) is 19.1. The molecule has 1 atom stereocenters. The fourth-order valence-corrected chi connectivity index (χ4v) is 5.49. The summed E-state index contributed by atoms with van der Waals surface area (Å²) in [5, 5.41) is 5.16. The van der Waals surface area contributed by atoms with Crippen molar-refractivity contribution in [3.8, 4) is 0 Å². The molecule has 1 aromatic carbocycles. The summed E-state index contributed by atoms with van der Waals surface area (Å²) in [5.41, 5.74) is 2.05. The van der Waals surface area contributed by atoms with Gasteiger partial charge in [-0.25, -0.2) is 0 Å². The van der Waals surface area contributed by atoms with Gasteiger partial charge in [0.2, 0.25) is 11.8 Å². The van der Waals surface area contributed by atoms with Gasteiger partial charge in [-0.15, -0.1) is 11.3 Å². The first-order valence-electron chi connectivity index (χ1n) is 11.3. The molecule has 0 saturated carbocycles. The predicted octanol–water partition coefficient (Wildman–Crippen LogP) is 3.23. The molecule has 0 aliphatic carbocycles. The van der Waals surface area contributed by atoms with Crippen LogP contribution in [0.4, 0.5) is 5.69 Å². The molecule has 2 fully saturated rings. The zero-order chi connectivity index (χ0) is 21.6. The third-order valence-corrected chi connectivity index (χ3v) is 7.31. The number of likely N-dealkylation sites (tertiary alicyclic amines) is 1. The normalized spacial score (nSPS) is 20.2. The molecule has 6 nitrogen and oxygen atoms in total. The van der Waals surface area contributed by atoms with Crippen LogP contribution in [0.2, 0.25) is 0 Å². The lowest BCUT2D eigenvalue weighted by atomic mass is 10.1. The van der Waals surface area contributed by atoms with Crippen LogP contribution in [0.1, 0.15) is 36.2 Å². The Hall–Kier alpha value is -2.22. The van der Waals surface area contributed by atoms with Crippen molar-refractivity contribution in [1.82, 2.24) is 14.7 Å². The molecule has 7 heteroatoms. The molecule has 2 aliphatic rings. The van der Waals surface area contributed by atoms with Crippen molar-refractivity contribution in [1.29, 1.82) is 0 Å². The van der Waals surface area contributed by atoms with E-state index in [0.29, 0.717) is 32.2 Å². The van der Waals surface area contributed by atoms with Crippen molar-refractivity contribution >= 4 is 28.8 Å². The van der Waals surface area contributed by atoms with Gasteiger partial charge in [-0.3, -0.25) is 19.4 Å². The summed E-state index contributed by atoms with van der Waals surface area (Å²) in [4.78, 5) is 33.2. The lowest BCUT2D eigenvalue weighted by Gasteiger charge is -2.35. The van der Waals surface area contributed by atoms with E-state index >= 15 is 0 Å². The second-order valence-electron chi connectivity index (χ2n) is 8.36. The van der Waals surface area contributed by atoms with E-state index < -0.39 is 0 Å². The van der Waals surface area contributed by atoms with Gasteiger partial charge in [0.05, 0.1) is 13.1 Å². The Morgan fingerprint density at radius 1 is 1.03 bits per heavy atom. The van der Waals surface area contributed by atoms with E-state index in [1.807, 2.05) is 29.2 Å². The topological polar surface area (TPSA) is 55.9 Å². The van der Waals surface area contributed by atoms with Gasteiger partial charge < -0.3 is 10.2 Å². The lowest BCUT2D eigenvalue weighted by Crippen LogP contribution is -2.52. The van der Waals surface area contributed by atoms with E-state index in [1.165, 1.54) is 4.88 Å². The van der Waals surface area contributed by atoms with E-state index in [-0.39, 0.29) is 11.8 Å². The number of carbonyl (C=O) groups is 2. The van der Waals surface area contributed by atoms with Crippen LogP contribution < -0.4 is 5.32 Å². The standard InChI is InChI=1S/C24H32N4O2S/c1-2-19-7-3-4-8-20(19)25-23(29)17-26-12-14-27(15-13-26)24(30)18-28-11-5-9-21(28)22-10-6-16-31-22/h3-4,6-8,10,16,21H,2,5,9,11-15,17-18H2,1H3,(H,25,29)/t21-/m0/s1. The Morgan fingerprint density at radius 2 is 1.84 bits per heavy atom. The number of piperazine rings is 1. The highest BCUT2D eigenvalue weighted by molar-refractivity contribution is 7.10. The number of benzene rings is 1. The number of rotatable bonds is 7. The van der Waals surface area contributed by atoms with Gasteiger partial charge in [-0.1, -0.05) is 31.2 Å². The highest BCUT2D eigenvalue weighted by atomic mass is 32.1. The molecular formula is C24H32N4O2S. The minimum atomic E-state index is 0.0107. The third-order valence-electron chi connectivity index (χ3n) is 6.34. The minimum absolute atomic E-state index is 0.0107. The number of aryl methyl sites for hydroxylation is 1. The number of hydrogen-bond acceptors (Lipinski definition) is 5. The summed E-state index contributed by atoms with van der Waals surface area (Å²) in [6.45, 7) is 6.80. The van der Waals surface area contributed by atoms with Crippen molar-refractivity contribution in [3.05, 3.63) is 52.2 Å². The molecule has 1 aromatic heterocycles. The van der Waals surface area contributed by atoms with Crippen molar-refractivity contribution in [2.45, 2.75) is 32.2 Å². The number of thiophene rings is 1. The van der Waals surface area contributed by atoms with E-state index in [4.69, 9.17) is 0 Å². The molecule has 0 radical (unpaired) electrons. The molecule has 3 heterocycles. The first-order chi connectivity index (χ1) is 15.1. The van der Waals surface area contributed by atoms with Gasteiger partial charge in [-0.05, 0) is 48.9 Å². The molecular weight excluding hydrogens is 408 g/mol. The van der Waals surface area contributed by atoms with Crippen molar-refractivity contribution in [2.75, 3.05) is 51.1 Å². The maximum atomic E-state index is 12.9. The Morgan fingerprint density at radius 3 is 2.58 bits per heavy atom. The Labute approximate surface area is 188 Å². The monoisotopic (exact) mass is 440 g/mol. The summed E-state index contributed by atoms with van der Waals surface area (Å²) < 4.78 is 0. The second-order valence-corrected chi connectivity index (χ2v) is 9.34. The molecule has 2 saturated heterocycles. The second kappa shape index (κ2) is 10.4. The smallest absolute Gasteiger partial charge is 0.238 e. The summed E-state index contributed by atoms with van der Waals surface area (Å²) >= 11 is 1.78. The van der Waals surface area contributed by atoms with Gasteiger partial charge in [0.1, 0.15) is 0 Å². The Kier molecular flexibility index (Phi) is 7.37. The molecule has 2 aromatic rings. The maximum Gasteiger partial charge on any atom is 0.238 e. The molecule has 166 valence electrons. The van der Waals surface area contributed by atoms with Crippen LogP contribution in [0.25, 0.3) is 0 Å². The van der Waals surface area contributed by atoms with E-state index in [9.17, 15) is 9.59 Å². The summed E-state index contributed by atoms with van der Waals surface area (Å²) in [5.74, 6) is 0.223. The van der Waals surface area contributed by atoms with Crippen LogP contribution in [0, 0.1) is 0 Å². The SMILES string of the molecule is CCc1ccccc1NC(=O)CN1CCN(C(=O)CN2CCC[C@H]2c2cccs2)CC1. The third kappa shape index (κ3) is 5.53. The van der Waals surface area contributed by atoms with Gasteiger partial charge >= 0.3 is 0 Å². The lowest BCUT2D eigenvalue weighted by molar-refractivity contribution is -0.134. The van der Waals surface area contributed by atoms with E-state index in [2.05, 4.69) is 39.6 Å². The molecule has 2 aliphatic heterocycles. The van der Waals surface area contributed by atoms with Crippen LogP contribution >= 0.6 is 11.3 Å². The molecule has 4 rings (SSSR count). The summed E-state index contributed by atoms with van der Waals surface area (Å²) in [7, 11) is 0. The van der Waals surface area contributed by atoms with Crippen LogP contribution in [-0.4, -0.2) is 72.3 Å². The van der Waals surface area contributed by atoms with Gasteiger partial charge in [-0.2, -0.15) is 0 Å². The van der Waals surface area contributed by atoms with Crippen LogP contribution in [0.5, 0.6) is 0 Å². The molecule has 0 unspecified atom stereocenters. The molecule has 0 spiro atoms. The van der Waals surface area contributed by atoms with Crippen molar-refractivity contribution in [2.24, 2.45) is 0 Å². The molecule has 2 amide bonds. The fourth-order valence-electron chi connectivity index (χ4n) is 4.59. The van der Waals surface area contributed by atoms with Gasteiger partial charge in [0, 0.05) is 42.8 Å². The summed E-state index contributed by atoms with van der Waals surface area (Å²) in [6.07, 6.45) is 3.18. The van der Waals surface area contributed by atoms with Gasteiger partial charge in [0.15, 0.2) is 0 Å². The minimum Gasteiger partial charge on any atom is -0.339 e.